The fourth-order valence-electron chi connectivity index (χ4n) is 0.633. The molecule has 0 aromatic carbocycles. The van der Waals surface area contributed by atoms with E-state index in [9.17, 15) is 0 Å². The Kier molecular flexibility index (Phi) is 3.05. The van der Waals surface area contributed by atoms with E-state index in [-0.39, 0.29) is 0 Å². The standard InChI is InChI=1S/C7H9IN2/c1-6-4-9-7(2-3-8)10-5-6/h4-5H,2-3H2,1H3. The predicted octanol–water partition coefficient (Wildman–Crippen LogP) is 1.76. The lowest BCUT2D eigenvalue weighted by atomic mass is 10.4. The molecule has 0 amide bonds. The molecule has 2 nitrogen and oxygen atoms in total. The largest absolute Gasteiger partial charge is 0.241 e. The van der Waals surface area contributed by atoms with Crippen molar-refractivity contribution in [2.45, 2.75) is 13.3 Å². The summed E-state index contributed by atoms with van der Waals surface area (Å²) in [4.78, 5) is 8.30. The summed E-state index contributed by atoms with van der Waals surface area (Å²) in [7, 11) is 0. The summed E-state index contributed by atoms with van der Waals surface area (Å²) >= 11 is 2.32. The molecule has 1 aromatic heterocycles. The third kappa shape index (κ3) is 2.21. The minimum atomic E-state index is 0.944. The second-order valence-corrected chi connectivity index (χ2v) is 3.19. The number of hydrogen-bond donors (Lipinski definition) is 0. The van der Waals surface area contributed by atoms with Crippen molar-refractivity contribution >= 4 is 22.6 Å². The normalized spacial score (nSPS) is 9.80. The molecule has 0 aliphatic rings. The molecule has 0 N–H and O–H groups in total. The number of aromatic nitrogens is 2. The van der Waals surface area contributed by atoms with E-state index in [1.807, 2.05) is 19.3 Å². The van der Waals surface area contributed by atoms with Crippen LogP contribution >= 0.6 is 22.6 Å². The molecular formula is C7H9IN2. The Balaban J connectivity index is 2.69. The highest BCUT2D eigenvalue weighted by Crippen LogP contribution is 1.96. The second kappa shape index (κ2) is 3.85. The fourth-order valence-corrected chi connectivity index (χ4v) is 1.12. The maximum Gasteiger partial charge on any atom is 0.128 e. The van der Waals surface area contributed by atoms with Gasteiger partial charge >= 0.3 is 0 Å². The van der Waals surface area contributed by atoms with Gasteiger partial charge in [0.2, 0.25) is 0 Å². The van der Waals surface area contributed by atoms with Crippen molar-refractivity contribution in [3.05, 3.63) is 23.8 Å². The van der Waals surface area contributed by atoms with Crippen LogP contribution in [0.1, 0.15) is 11.4 Å². The van der Waals surface area contributed by atoms with Crippen molar-refractivity contribution in [3.8, 4) is 0 Å². The van der Waals surface area contributed by atoms with Gasteiger partial charge in [0.1, 0.15) is 5.82 Å². The molecule has 0 saturated carbocycles. The Bertz CT molecular complexity index is 195. The van der Waals surface area contributed by atoms with Crippen LogP contribution in [-0.2, 0) is 6.42 Å². The van der Waals surface area contributed by atoms with Crippen LogP contribution in [0, 0.1) is 6.92 Å². The van der Waals surface area contributed by atoms with Gasteiger partial charge in [-0.05, 0) is 12.5 Å². The van der Waals surface area contributed by atoms with Gasteiger partial charge in [0.25, 0.3) is 0 Å². The predicted molar refractivity (Wildman–Crippen MR) is 49.4 cm³/mol. The first-order valence-corrected chi connectivity index (χ1v) is 4.69. The van der Waals surface area contributed by atoms with E-state index in [1.165, 1.54) is 0 Å². The van der Waals surface area contributed by atoms with Gasteiger partial charge in [-0.2, -0.15) is 0 Å². The summed E-state index contributed by atoms with van der Waals surface area (Å²) in [5.41, 5.74) is 1.12. The SMILES string of the molecule is Cc1cnc(CCI)nc1. The van der Waals surface area contributed by atoms with E-state index in [0.29, 0.717) is 0 Å². The van der Waals surface area contributed by atoms with Crippen LogP contribution in [0.5, 0.6) is 0 Å². The molecule has 0 radical (unpaired) electrons. The average molecular weight is 248 g/mol. The molecule has 0 aliphatic carbocycles. The number of aryl methyl sites for hydroxylation is 2. The zero-order valence-corrected chi connectivity index (χ0v) is 8.00. The quantitative estimate of drug-likeness (QED) is 0.588. The van der Waals surface area contributed by atoms with Crippen molar-refractivity contribution in [1.29, 1.82) is 0 Å². The Morgan fingerprint density at radius 1 is 1.40 bits per heavy atom. The van der Waals surface area contributed by atoms with E-state index in [4.69, 9.17) is 0 Å². The molecule has 1 heterocycles. The smallest absolute Gasteiger partial charge is 0.128 e. The average Bonchev–Trinajstić information content (AvgIpc) is 1.95. The minimum absolute atomic E-state index is 0.944. The highest BCUT2D eigenvalue weighted by Gasteiger charge is 1.91. The number of alkyl halides is 1. The molecule has 3 heteroatoms. The third-order valence-corrected chi connectivity index (χ3v) is 1.69. The lowest BCUT2D eigenvalue weighted by Crippen LogP contribution is -1.94. The highest BCUT2D eigenvalue weighted by molar-refractivity contribution is 14.1. The third-order valence-electron chi connectivity index (χ3n) is 1.15. The monoisotopic (exact) mass is 248 g/mol. The molecule has 54 valence electrons. The fraction of sp³-hybridized carbons (Fsp3) is 0.429. The van der Waals surface area contributed by atoms with Crippen molar-refractivity contribution in [2.24, 2.45) is 0 Å². The molecule has 0 aliphatic heterocycles. The van der Waals surface area contributed by atoms with Gasteiger partial charge in [-0.25, -0.2) is 9.97 Å². The maximum absolute atomic E-state index is 4.15. The van der Waals surface area contributed by atoms with Crippen molar-refractivity contribution in [2.75, 3.05) is 4.43 Å². The topological polar surface area (TPSA) is 25.8 Å². The molecule has 10 heavy (non-hydrogen) atoms. The zero-order valence-electron chi connectivity index (χ0n) is 5.84. The number of hydrogen-bond acceptors (Lipinski definition) is 2. The maximum atomic E-state index is 4.15. The van der Waals surface area contributed by atoms with Crippen LogP contribution in [0.3, 0.4) is 0 Å². The van der Waals surface area contributed by atoms with E-state index < -0.39 is 0 Å². The van der Waals surface area contributed by atoms with Gasteiger partial charge in [-0.1, -0.05) is 22.6 Å². The van der Waals surface area contributed by atoms with Gasteiger partial charge in [-0.3, -0.25) is 0 Å². The van der Waals surface area contributed by atoms with E-state index >= 15 is 0 Å². The van der Waals surface area contributed by atoms with Crippen LogP contribution in [0.4, 0.5) is 0 Å². The Hall–Kier alpha value is -0.190. The van der Waals surface area contributed by atoms with E-state index in [2.05, 4.69) is 32.6 Å². The molecule has 0 saturated heterocycles. The second-order valence-electron chi connectivity index (χ2n) is 2.12. The van der Waals surface area contributed by atoms with Crippen LogP contribution in [0.25, 0.3) is 0 Å². The van der Waals surface area contributed by atoms with Gasteiger partial charge in [-0.15, -0.1) is 0 Å². The van der Waals surface area contributed by atoms with Crippen LogP contribution in [0.2, 0.25) is 0 Å². The van der Waals surface area contributed by atoms with Gasteiger partial charge < -0.3 is 0 Å². The van der Waals surface area contributed by atoms with Crippen LogP contribution < -0.4 is 0 Å². The summed E-state index contributed by atoms with van der Waals surface area (Å²) in [6.45, 7) is 1.99. The molecule has 0 unspecified atom stereocenters. The number of halogens is 1. The Labute approximate surface area is 74.2 Å². The molecular weight excluding hydrogens is 239 g/mol. The van der Waals surface area contributed by atoms with Crippen molar-refractivity contribution in [1.82, 2.24) is 9.97 Å². The zero-order chi connectivity index (χ0) is 7.40. The summed E-state index contributed by atoms with van der Waals surface area (Å²) in [5, 5.41) is 0. The molecule has 1 aromatic rings. The molecule has 1 rings (SSSR count). The molecule has 0 bridgehead atoms. The first kappa shape index (κ1) is 7.91. The van der Waals surface area contributed by atoms with E-state index in [0.717, 1.165) is 22.2 Å². The summed E-state index contributed by atoms with van der Waals surface area (Å²) in [6, 6.07) is 0. The summed E-state index contributed by atoms with van der Waals surface area (Å²) in [6.07, 6.45) is 4.68. The summed E-state index contributed by atoms with van der Waals surface area (Å²) < 4.78 is 1.08. The lowest BCUT2D eigenvalue weighted by molar-refractivity contribution is 0.944. The van der Waals surface area contributed by atoms with Crippen LogP contribution in [-0.4, -0.2) is 14.4 Å². The van der Waals surface area contributed by atoms with Crippen molar-refractivity contribution in [3.63, 3.8) is 0 Å². The first-order chi connectivity index (χ1) is 4.83. The highest BCUT2D eigenvalue weighted by atomic mass is 127. The van der Waals surface area contributed by atoms with Crippen LogP contribution in [0.15, 0.2) is 12.4 Å². The van der Waals surface area contributed by atoms with E-state index in [1.54, 1.807) is 0 Å². The molecule has 0 fully saturated rings. The van der Waals surface area contributed by atoms with Crippen molar-refractivity contribution < 1.29 is 0 Å². The molecule has 0 spiro atoms. The Morgan fingerprint density at radius 2 is 2.00 bits per heavy atom. The number of nitrogens with zero attached hydrogens (tertiary/aromatic N) is 2. The molecule has 0 atom stereocenters. The summed E-state index contributed by atoms with van der Waals surface area (Å²) in [5.74, 6) is 0.944. The first-order valence-electron chi connectivity index (χ1n) is 3.16. The van der Waals surface area contributed by atoms with Gasteiger partial charge in [0.15, 0.2) is 0 Å². The lowest BCUT2D eigenvalue weighted by Gasteiger charge is -1.94. The van der Waals surface area contributed by atoms with Gasteiger partial charge in [0, 0.05) is 23.2 Å². The van der Waals surface area contributed by atoms with Gasteiger partial charge in [0.05, 0.1) is 0 Å². The number of rotatable bonds is 2. The Morgan fingerprint density at radius 3 is 2.50 bits per heavy atom. The minimum Gasteiger partial charge on any atom is -0.241 e.